The van der Waals surface area contributed by atoms with Gasteiger partial charge in [-0.3, -0.25) is 9.78 Å². The third-order valence-corrected chi connectivity index (χ3v) is 4.29. The van der Waals surface area contributed by atoms with Crippen LogP contribution in [0.3, 0.4) is 0 Å². The van der Waals surface area contributed by atoms with E-state index in [2.05, 4.69) is 46.8 Å². The molecule has 0 radical (unpaired) electrons. The predicted octanol–water partition coefficient (Wildman–Crippen LogP) is 3.97. The summed E-state index contributed by atoms with van der Waals surface area (Å²) < 4.78 is 1.71. The summed E-state index contributed by atoms with van der Waals surface area (Å²) in [6.45, 7) is 0. The van der Waals surface area contributed by atoms with Crippen molar-refractivity contribution in [1.82, 2.24) is 15.0 Å². The molecule has 0 aromatic carbocycles. The number of rotatable bonds is 1. The lowest BCUT2D eigenvalue weighted by Gasteiger charge is -2.07. The molecule has 3 rings (SSSR count). The van der Waals surface area contributed by atoms with Gasteiger partial charge in [0, 0.05) is 27.8 Å². The van der Waals surface area contributed by atoms with Gasteiger partial charge in [0.25, 0.3) is 0 Å². The van der Waals surface area contributed by atoms with Crippen molar-refractivity contribution < 1.29 is 4.79 Å². The number of carbonyl (C=O) groups is 1. The van der Waals surface area contributed by atoms with E-state index in [1.165, 1.54) is 0 Å². The summed E-state index contributed by atoms with van der Waals surface area (Å²) in [4.78, 5) is 25.1. The van der Waals surface area contributed by atoms with Gasteiger partial charge in [0.05, 0.1) is 11.3 Å². The average Bonchev–Trinajstić information content (AvgIpc) is 2.60. The van der Waals surface area contributed by atoms with E-state index in [0.717, 1.165) is 33.9 Å². The molecule has 0 saturated heterocycles. The molecule has 102 valence electrons. The Bertz CT molecular complexity index is 688. The summed E-state index contributed by atoms with van der Waals surface area (Å²) in [5, 5.41) is 0. The fourth-order valence-corrected chi connectivity index (χ4v) is 3.41. The number of hydrogen-bond donors (Lipinski definition) is 0. The third-order valence-electron chi connectivity index (χ3n) is 3.26. The van der Waals surface area contributed by atoms with Crippen LogP contribution in [0.1, 0.15) is 35.3 Å². The third kappa shape index (κ3) is 2.67. The van der Waals surface area contributed by atoms with Crippen molar-refractivity contribution in [2.24, 2.45) is 0 Å². The van der Waals surface area contributed by atoms with Gasteiger partial charge >= 0.3 is 0 Å². The van der Waals surface area contributed by atoms with Crippen molar-refractivity contribution >= 4 is 37.6 Å². The van der Waals surface area contributed by atoms with Crippen LogP contribution in [0.5, 0.6) is 0 Å². The van der Waals surface area contributed by atoms with E-state index in [1.54, 1.807) is 12.4 Å². The van der Waals surface area contributed by atoms with Crippen LogP contribution in [-0.2, 0) is 6.42 Å². The molecule has 0 spiro atoms. The van der Waals surface area contributed by atoms with Gasteiger partial charge in [0.1, 0.15) is 5.69 Å². The highest BCUT2D eigenvalue weighted by molar-refractivity contribution is 9.11. The molecule has 4 nitrogen and oxygen atoms in total. The lowest BCUT2D eigenvalue weighted by atomic mass is 10.1. The molecule has 0 amide bonds. The topological polar surface area (TPSA) is 55.7 Å². The zero-order valence-corrected chi connectivity index (χ0v) is 13.7. The molecule has 0 fully saturated rings. The van der Waals surface area contributed by atoms with E-state index >= 15 is 0 Å². The number of hydrogen-bond acceptors (Lipinski definition) is 4. The number of fused-ring (bicyclic) bond motifs is 1. The zero-order chi connectivity index (χ0) is 14.1. The second-order valence-electron chi connectivity index (χ2n) is 4.67. The van der Waals surface area contributed by atoms with Crippen LogP contribution in [0.15, 0.2) is 27.4 Å². The van der Waals surface area contributed by atoms with Crippen molar-refractivity contribution in [2.45, 2.75) is 25.7 Å². The number of aryl methyl sites for hydroxylation is 1. The summed E-state index contributed by atoms with van der Waals surface area (Å²) >= 11 is 6.84. The first-order valence-corrected chi connectivity index (χ1v) is 7.94. The van der Waals surface area contributed by atoms with E-state index in [9.17, 15) is 4.79 Å². The van der Waals surface area contributed by atoms with Gasteiger partial charge in [-0.1, -0.05) is 0 Å². The molecule has 0 saturated carbocycles. The summed E-state index contributed by atoms with van der Waals surface area (Å²) in [5.41, 5.74) is 2.20. The van der Waals surface area contributed by atoms with Gasteiger partial charge in [-0.25, -0.2) is 9.97 Å². The summed E-state index contributed by atoms with van der Waals surface area (Å²) in [7, 11) is 0. The van der Waals surface area contributed by atoms with Gasteiger partial charge in [-0.05, 0) is 57.2 Å². The Balaban J connectivity index is 2.08. The Morgan fingerprint density at radius 2 is 1.85 bits per heavy atom. The first-order valence-electron chi connectivity index (χ1n) is 6.35. The number of carbonyl (C=O) groups excluding carboxylic acids is 1. The maximum Gasteiger partial charge on any atom is 0.179 e. The molecule has 20 heavy (non-hydrogen) atoms. The molecule has 0 atom stereocenters. The highest BCUT2D eigenvalue weighted by Gasteiger charge is 2.19. The first-order chi connectivity index (χ1) is 9.65. The summed E-state index contributed by atoms with van der Waals surface area (Å²) in [6, 6.07) is 1.91. The van der Waals surface area contributed by atoms with Crippen LogP contribution in [0.25, 0.3) is 11.5 Å². The number of pyridine rings is 1. The Morgan fingerprint density at radius 3 is 2.65 bits per heavy atom. The largest absolute Gasteiger partial charge is 0.294 e. The van der Waals surface area contributed by atoms with Crippen LogP contribution in [0, 0.1) is 0 Å². The second kappa shape index (κ2) is 5.69. The monoisotopic (exact) mass is 395 g/mol. The molecule has 1 aliphatic rings. The molecular weight excluding hydrogens is 386 g/mol. The van der Waals surface area contributed by atoms with Crippen LogP contribution < -0.4 is 0 Å². The molecule has 2 aromatic rings. The number of halogens is 2. The van der Waals surface area contributed by atoms with Crippen LogP contribution in [0.4, 0.5) is 0 Å². The van der Waals surface area contributed by atoms with Crippen LogP contribution in [0.2, 0.25) is 0 Å². The van der Waals surface area contributed by atoms with Gasteiger partial charge in [-0.15, -0.1) is 0 Å². The normalized spacial score (nSPS) is 14.8. The predicted molar refractivity (Wildman–Crippen MR) is 82.5 cm³/mol. The Morgan fingerprint density at radius 1 is 1.05 bits per heavy atom. The number of ketones is 1. The smallest absolute Gasteiger partial charge is 0.179 e. The zero-order valence-electron chi connectivity index (χ0n) is 10.6. The number of Topliss-reactive ketones (excluding diaryl/α,β-unsaturated/α-hetero) is 1. The number of aromatic nitrogens is 3. The number of nitrogens with zero attached hydrogens (tertiary/aromatic N) is 3. The minimum atomic E-state index is 0.145. The van der Waals surface area contributed by atoms with Crippen LogP contribution >= 0.6 is 31.9 Å². The summed E-state index contributed by atoms with van der Waals surface area (Å²) in [6.07, 6.45) is 6.68. The Labute approximate surface area is 133 Å². The molecule has 2 aromatic heterocycles. The molecule has 0 N–H and O–H groups in total. The highest BCUT2D eigenvalue weighted by atomic mass is 79.9. The van der Waals surface area contributed by atoms with Gasteiger partial charge in [0.2, 0.25) is 0 Å². The Kier molecular flexibility index (Phi) is 3.94. The molecule has 0 unspecified atom stereocenters. The van der Waals surface area contributed by atoms with Gasteiger partial charge in [0.15, 0.2) is 11.6 Å². The lowest BCUT2D eigenvalue weighted by Crippen LogP contribution is -2.06. The fraction of sp³-hybridized carbons (Fsp3) is 0.286. The fourth-order valence-electron chi connectivity index (χ4n) is 2.25. The highest BCUT2D eigenvalue weighted by Crippen LogP contribution is 2.27. The summed E-state index contributed by atoms with van der Waals surface area (Å²) in [5.74, 6) is 0.699. The molecule has 0 aliphatic heterocycles. The minimum absolute atomic E-state index is 0.145. The quantitative estimate of drug-likeness (QED) is 0.684. The van der Waals surface area contributed by atoms with Gasteiger partial charge in [-0.2, -0.15) is 0 Å². The van der Waals surface area contributed by atoms with Crippen molar-refractivity contribution in [3.8, 4) is 11.5 Å². The average molecular weight is 397 g/mol. The minimum Gasteiger partial charge on any atom is -0.294 e. The van der Waals surface area contributed by atoms with E-state index in [1.807, 2.05) is 6.07 Å². The standard InChI is InChI=1S/C14H11Br2N3O/c15-8-5-10(16)13(17-6-8)14-18-7-9-11(19-14)3-1-2-4-12(9)20/h5-7H,1-4H2. The molecular formula is C14H11Br2N3O. The van der Waals surface area contributed by atoms with Crippen LogP contribution in [-0.4, -0.2) is 20.7 Å². The maximum absolute atomic E-state index is 12.0. The van der Waals surface area contributed by atoms with E-state index in [0.29, 0.717) is 23.5 Å². The Hall–Kier alpha value is -1.14. The van der Waals surface area contributed by atoms with Crippen molar-refractivity contribution in [2.75, 3.05) is 0 Å². The first kappa shape index (κ1) is 13.8. The molecule has 1 aliphatic carbocycles. The van der Waals surface area contributed by atoms with E-state index < -0.39 is 0 Å². The maximum atomic E-state index is 12.0. The lowest BCUT2D eigenvalue weighted by molar-refractivity contribution is 0.0981. The van der Waals surface area contributed by atoms with Gasteiger partial charge < -0.3 is 0 Å². The van der Waals surface area contributed by atoms with Crippen molar-refractivity contribution in [3.63, 3.8) is 0 Å². The SMILES string of the molecule is O=C1CCCCc2nc(-c3ncc(Br)cc3Br)ncc21. The second-order valence-corrected chi connectivity index (χ2v) is 6.44. The van der Waals surface area contributed by atoms with Crippen molar-refractivity contribution in [3.05, 3.63) is 38.7 Å². The molecule has 2 heterocycles. The van der Waals surface area contributed by atoms with E-state index in [-0.39, 0.29) is 5.78 Å². The van der Waals surface area contributed by atoms with Crippen molar-refractivity contribution in [1.29, 1.82) is 0 Å². The molecule has 6 heteroatoms. The molecule has 0 bridgehead atoms. The van der Waals surface area contributed by atoms with E-state index in [4.69, 9.17) is 0 Å².